The summed E-state index contributed by atoms with van der Waals surface area (Å²) >= 11 is 0. The molecule has 0 spiro atoms. The second-order valence-electron chi connectivity index (χ2n) is 2.72. The molecule has 0 fully saturated rings. The van der Waals surface area contributed by atoms with Gasteiger partial charge in [0.15, 0.2) is 0 Å². The molecule has 13 heavy (non-hydrogen) atoms. The first-order valence-corrected chi connectivity index (χ1v) is 4.14. The van der Waals surface area contributed by atoms with Gasteiger partial charge in [-0.05, 0) is 13.3 Å². The minimum absolute atomic E-state index is 0.0856. The van der Waals surface area contributed by atoms with Crippen LogP contribution in [0.25, 0.3) is 0 Å². The van der Waals surface area contributed by atoms with E-state index in [0.717, 1.165) is 0 Å². The van der Waals surface area contributed by atoms with Crippen molar-refractivity contribution in [2.45, 2.75) is 13.3 Å². The van der Waals surface area contributed by atoms with Crippen LogP contribution < -0.4 is 5.32 Å². The van der Waals surface area contributed by atoms with E-state index in [1.807, 2.05) is 0 Å². The van der Waals surface area contributed by atoms with Gasteiger partial charge in [0, 0.05) is 13.2 Å². The second kappa shape index (κ2) is 4.61. The molecule has 72 valence electrons. The number of imidazole rings is 1. The molecule has 0 saturated heterocycles. The number of rotatable bonds is 4. The van der Waals surface area contributed by atoms with Crippen molar-refractivity contribution >= 4 is 5.91 Å². The molecule has 1 aromatic heterocycles. The molecule has 0 aliphatic heterocycles. The largest absolute Gasteiger partial charge is 0.396 e. The number of aliphatic hydroxyl groups excluding tert-OH is 1. The fourth-order valence-corrected chi connectivity index (χ4v) is 0.912. The van der Waals surface area contributed by atoms with Gasteiger partial charge in [0.25, 0.3) is 5.91 Å². The molecule has 1 amide bonds. The quantitative estimate of drug-likeness (QED) is 0.567. The fourth-order valence-electron chi connectivity index (χ4n) is 0.912. The van der Waals surface area contributed by atoms with Crippen LogP contribution in [0.1, 0.15) is 22.7 Å². The normalized spacial score (nSPS) is 10.0. The lowest BCUT2D eigenvalue weighted by atomic mass is 10.4. The first kappa shape index (κ1) is 9.73. The van der Waals surface area contributed by atoms with E-state index in [4.69, 9.17) is 5.11 Å². The lowest BCUT2D eigenvalue weighted by molar-refractivity contribution is 0.0946. The van der Waals surface area contributed by atoms with Gasteiger partial charge in [-0.2, -0.15) is 0 Å². The minimum atomic E-state index is -0.186. The molecule has 1 heterocycles. The maximum Gasteiger partial charge on any atom is 0.269 e. The Balaban J connectivity index is 2.40. The molecule has 0 saturated carbocycles. The molecule has 0 bridgehead atoms. The molecule has 0 radical (unpaired) electrons. The summed E-state index contributed by atoms with van der Waals surface area (Å²) < 4.78 is 0. The second-order valence-corrected chi connectivity index (χ2v) is 2.72. The van der Waals surface area contributed by atoms with E-state index in [0.29, 0.717) is 24.5 Å². The first-order chi connectivity index (χ1) is 6.24. The van der Waals surface area contributed by atoms with Crippen molar-refractivity contribution < 1.29 is 9.90 Å². The molecule has 0 aromatic carbocycles. The molecule has 0 unspecified atom stereocenters. The maximum absolute atomic E-state index is 11.3. The number of aliphatic hydroxyl groups is 1. The number of hydrogen-bond acceptors (Lipinski definition) is 3. The first-order valence-electron chi connectivity index (χ1n) is 4.14. The number of carbonyl (C=O) groups is 1. The molecule has 5 nitrogen and oxygen atoms in total. The monoisotopic (exact) mass is 183 g/mol. The predicted octanol–water partition coefficient (Wildman–Crippen LogP) is -0.170. The molecule has 1 aromatic rings. The van der Waals surface area contributed by atoms with Crippen LogP contribution in [0.2, 0.25) is 0 Å². The highest BCUT2D eigenvalue weighted by Crippen LogP contribution is 1.94. The molecule has 1 rings (SSSR count). The van der Waals surface area contributed by atoms with Gasteiger partial charge in [-0.1, -0.05) is 0 Å². The van der Waals surface area contributed by atoms with E-state index in [1.165, 1.54) is 6.20 Å². The Bertz CT molecular complexity index is 283. The Morgan fingerprint density at radius 1 is 1.77 bits per heavy atom. The number of nitrogens with zero attached hydrogens (tertiary/aromatic N) is 1. The van der Waals surface area contributed by atoms with Gasteiger partial charge in [0.2, 0.25) is 0 Å². The smallest absolute Gasteiger partial charge is 0.269 e. The van der Waals surface area contributed by atoms with Gasteiger partial charge in [-0.15, -0.1) is 0 Å². The van der Waals surface area contributed by atoms with Crippen molar-refractivity contribution in [3.63, 3.8) is 0 Å². The average Bonchev–Trinajstić information content (AvgIpc) is 2.52. The van der Waals surface area contributed by atoms with Gasteiger partial charge >= 0.3 is 0 Å². The third kappa shape index (κ3) is 2.87. The third-order valence-corrected chi connectivity index (χ3v) is 1.57. The third-order valence-electron chi connectivity index (χ3n) is 1.57. The summed E-state index contributed by atoms with van der Waals surface area (Å²) in [6, 6.07) is 0. The van der Waals surface area contributed by atoms with Crippen LogP contribution in [-0.2, 0) is 0 Å². The number of H-pyrrole nitrogens is 1. The molecular formula is C8H13N3O2. The number of aromatic nitrogens is 2. The Morgan fingerprint density at radius 3 is 3.08 bits per heavy atom. The molecule has 0 atom stereocenters. The van der Waals surface area contributed by atoms with Crippen molar-refractivity contribution in [3.05, 3.63) is 17.7 Å². The molecular weight excluding hydrogens is 170 g/mol. The zero-order chi connectivity index (χ0) is 9.68. The van der Waals surface area contributed by atoms with Crippen LogP contribution in [0.3, 0.4) is 0 Å². The van der Waals surface area contributed by atoms with Gasteiger partial charge in [-0.25, -0.2) is 4.98 Å². The van der Waals surface area contributed by atoms with E-state index in [9.17, 15) is 4.79 Å². The number of hydrogen-bond donors (Lipinski definition) is 3. The summed E-state index contributed by atoms with van der Waals surface area (Å²) in [7, 11) is 0. The van der Waals surface area contributed by atoms with E-state index in [1.54, 1.807) is 6.92 Å². The van der Waals surface area contributed by atoms with Crippen molar-refractivity contribution in [1.82, 2.24) is 15.3 Å². The average molecular weight is 183 g/mol. The number of nitrogens with one attached hydrogen (secondary N) is 2. The van der Waals surface area contributed by atoms with E-state index < -0.39 is 0 Å². The van der Waals surface area contributed by atoms with Gasteiger partial charge < -0.3 is 15.4 Å². The number of amides is 1. The maximum atomic E-state index is 11.3. The van der Waals surface area contributed by atoms with Crippen molar-refractivity contribution in [2.75, 3.05) is 13.2 Å². The van der Waals surface area contributed by atoms with E-state index in [2.05, 4.69) is 15.3 Å². The SMILES string of the molecule is Cc1ncc(C(=O)NCCCO)[nH]1. The van der Waals surface area contributed by atoms with E-state index in [-0.39, 0.29) is 12.5 Å². The highest BCUT2D eigenvalue weighted by atomic mass is 16.3. The number of carbonyl (C=O) groups excluding carboxylic acids is 1. The molecule has 3 N–H and O–H groups in total. The highest BCUT2D eigenvalue weighted by Gasteiger charge is 2.06. The summed E-state index contributed by atoms with van der Waals surface area (Å²) in [6.45, 7) is 2.35. The predicted molar refractivity (Wildman–Crippen MR) is 47.4 cm³/mol. The van der Waals surface area contributed by atoms with Gasteiger partial charge in [-0.3, -0.25) is 4.79 Å². The van der Waals surface area contributed by atoms with Crippen molar-refractivity contribution in [3.8, 4) is 0 Å². The highest BCUT2D eigenvalue weighted by molar-refractivity contribution is 5.92. The summed E-state index contributed by atoms with van der Waals surface area (Å²) in [5.41, 5.74) is 0.454. The Kier molecular flexibility index (Phi) is 3.45. The van der Waals surface area contributed by atoms with Crippen LogP contribution in [0, 0.1) is 6.92 Å². The van der Waals surface area contributed by atoms with Crippen molar-refractivity contribution in [2.24, 2.45) is 0 Å². The lowest BCUT2D eigenvalue weighted by Gasteiger charge is -2.00. The van der Waals surface area contributed by atoms with Crippen LogP contribution in [-0.4, -0.2) is 34.1 Å². The molecule has 5 heteroatoms. The van der Waals surface area contributed by atoms with Crippen LogP contribution in [0.15, 0.2) is 6.20 Å². The van der Waals surface area contributed by atoms with E-state index >= 15 is 0 Å². The number of aryl methyl sites for hydroxylation is 1. The van der Waals surface area contributed by atoms with Crippen LogP contribution in [0.4, 0.5) is 0 Å². The molecule has 0 aliphatic rings. The summed E-state index contributed by atoms with van der Waals surface area (Å²) in [4.78, 5) is 18.0. The number of aromatic amines is 1. The minimum Gasteiger partial charge on any atom is -0.396 e. The summed E-state index contributed by atoms with van der Waals surface area (Å²) in [5.74, 6) is 0.529. The fraction of sp³-hybridized carbons (Fsp3) is 0.500. The summed E-state index contributed by atoms with van der Waals surface area (Å²) in [5, 5.41) is 11.1. The zero-order valence-corrected chi connectivity index (χ0v) is 7.50. The molecule has 0 aliphatic carbocycles. The Hall–Kier alpha value is -1.36. The Morgan fingerprint density at radius 2 is 2.54 bits per heavy atom. The zero-order valence-electron chi connectivity index (χ0n) is 7.50. The van der Waals surface area contributed by atoms with Gasteiger partial charge in [0.05, 0.1) is 6.20 Å². The van der Waals surface area contributed by atoms with Crippen molar-refractivity contribution in [1.29, 1.82) is 0 Å². The van der Waals surface area contributed by atoms with Gasteiger partial charge in [0.1, 0.15) is 11.5 Å². The Labute approximate surface area is 76.2 Å². The topological polar surface area (TPSA) is 78.0 Å². The van der Waals surface area contributed by atoms with Crippen LogP contribution >= 0.6 is 0 Å². The van der Waals surface area contributed by atoms with Crippen LogP contribution in [0.5, 0.6) is 0 Å². The lowest BCUT2D eigenvalue weighted by Crippen LogP contribution is -2.25. The summed E-state index contributed by atoms with van der Waals surface area (Å²) in [6.07, 6.45) is 2.06. The standard InChI is InChI=1S/C8H13N3O2/c1-6-10-5-7(11-6)8(13)9-3-2-4-12/h5,12H,2-4H2,1H3,(H,9,13)(H,10,11).